The number of hydrogen-bond acceptors (Lipinski definition) is 2. The lowest BCUT2D eigenvalue weighted by molar-refractivity contribution is 0.418. The van der Waals surface area contributed by atoms with Gasteiger partial charge in [0.1, 0.15) is 0 Å². The molecule has 0 unspecified atom stereocenters. The molecule has 7 heavy (non-hydrogen) atoms. The van der Waals surface area contributed by atoms with E-state index in [-0.39, 0.29) is 0 Å². The first kappa shape index (κ1) is 7.07. The van der Waals surface area contributed by atoms with Crippen LogP contribution < -0.4 is 5.14 Å². The molecule has 0 spiro atoms. The van der Waals surface area contributed by atoms with E-state index in [1.165, 1.54) is 19.6 Å². The standard InChI is InChI=1S/C3H11NO2S/c1-6-7(2,3,4)5/h1-3H3,(H2,4,5). The Bertz CT molecular complexity index is 114. The fourth-order valence-corrected chi connectivity index (χ4v) is 0. The summed E-state index contributed by atoms with van der Waals surface area (Å²) in [6.07, 6.45) is 2.74. The molecule has 0 atom stereocenters. The molecule has 0 aliphatic heterocycles. The van der Waals surface area contributed by atoms with E-state index in [1.807, 2.05) is 0 Å². The Morgan fingerprint density at radius 1 is 1.57 bits per heavy atom. The summed E-state index contributed by atoms with van der Waals surface area (Å²) in [5.74, 6) is 0. The lowest BCUT2D eigenvalue weighted by atomic mass is 11.8. The zero-order chi connectivity index (χ0) is 6.15. The van der Waals surface area contributed by atoms with Gasteiger partial charge in [-0.25, -0.2) is 5.14 Å². The molecular formula is C3H11NO2S. The van der Waals surface area contributed by atoms with Gasteiger partial charge < -0.3 is 0 Å². The number of hydrogen-bond donors (Lipinski definition) is 1. The monoisotopic (exact) mass is 125 g/mol. The maximum atomic E-state index is 10.7. The first-order chi connectivity index (χ1) is 2.81. The molecule has 0 saturated carbocycles. The Labute approximate surface area is 43.6 Å². The maximum Gasteiger partial charge on any atom is 0.0613 e. The SMILES string of the molecule is COS(C)(C)(N)=O. The van der Waals surface area contributed by atoms with E-state index >= 15 is 0 Å². The number of nitrogens with two attached hydrogens (primary N) is 1. The van der Waals surface area contributed by atoms with Crippen LogP contribution in [0, 0.1) is 0 Å². The van der Waals surface area contributed by atoms with Gasteiger partial charge in [-0.1, -0.05) is 0 Å². The molecule has 4 heteroatoms. The van der Waals surface area contributed by atoms with Gasteiger partial charge in [-0.15, -0.1) is 9.53 Å². The van der Waals surface area contributed by atoms with Gasteiger partial charge in [0.25, 0.3) is 0 Å². The summed E-state index contributed by atoms with van der Waals surface area (Å²) in [5, 5.41) is 5.11. The van der Waals surface area contributed by atoms with Crippen molar-refractivity contribution in [1.29, 1.82) is 0 Å². The Balaban J connectivity index is 4.14. The van der Waals surface area contributed by atoms with Crippen LogP contribution in [0.5, 0.6) is 0 Å². The predicted molar refractivity (Wildman–Crippen MR) is 31.2 cm³/mol. The van der Waals surface area contributed by atoms with E-state index in [4.69, 9.17) is 5.14 Å². The second-order valence-electron chi connectivity index (χ2n) is 1.97. The summed E-state index contributed by atoms with van der Waals surface area (Å²) in [6, 6.07) is 0. The fraction of sp³-hybridized carbons (Fsp3) is 1.00. The lowest BCUT2D eigenvalue weighted by Crippen LogP contribution is -2.40. The molecular weight excluding hydrogens is 114 g/mol. The molecule has 0 radical (unpaired) electrons. The molecule has 0 aromatic rings. The zero-order valence-electron chi connectivity index (χ0n) is 4.80. The third kappa shape index (κ3) is 6.07. The highest BCUT2D eigenvalue weighted by molar-refractivity contribution is 8.12. The van der Waals surface area contributed by atoms with Gasteiger partial charge in [0.15, 0.2) is 0 Å². The molecule has 0 fully saturated rings. The third-order valence-corrected chi connectivity index (χ3v) is 1.49. The van der Waals surface area contributed by atoms with Gasteiger partial charge in [-0.05, 0) is 0 Å². The van der Waals surface area contributed by atoms with Crippen molar-refractivity contribution >= 4 is 9.53 Å². The highest BCUT2D eigenvalue weighted by Crippen LogP contribution is 2.04. The fourth-order valence-electron chi connectivity index (χ4n) is 0. The molecule has 3 nitrogen and oxygen atoms in total. The molecule has 2 N–H and O–H groups in total. The summed E-state index contributed by atoms with van der Waals surface area (Å²) in [7, 11) is -1.79. The lowest BCUT2D eigenvalue weighted by Gasteiger charge is -2.32. The van der Waals surface area contributed by atoms with E-state index in [1.54, 1.807) is 0 Å². The van der Waals surface area contributed by atoms with E-state index in [2.05, 4.69) is 4.18 Å². The van der Waals surface area contributed by atoms with Crippen LogP contribution >= 0.6 is 0 Å². The summed E-state index contributed by atoms with van der Waals surface area (Å²) in [4.78, 5) is 0. The van der Waals surface area contributed by atoms with Gasteiger partial charge in [0.05, 0.1) is 7.11 Å². The minimum Gasteiger partial charge on any atom is -0.279 e. The molecule has 0 amide bonds. The van der Waals surface area contributed by atoms with E-state index in [0.717, 1.165) is 0 Å². The van der Waals surface area contributed by atoms with Crippen LogP contribution in [0.1, 0.15) is 0 Å². The van der Waals surface area contributed by atoms with E-state index < -0.39 is 9.53 Å². The van der Waals surface area contributed by atoms with Crippen LogP contribution in [0.2, 0.25) is 0 Å². The first-order valence-electron chi connectivity index (χ1n) is 1.79. The second-order valence-corrected chi connectivity index (χ2v) is 5.92. The Morgan fingerprint density at radius 3 is 1.71 bits per heavy atom. The van der Waals surface area contributed by atoms with Crippen LogP contribution in [0.15, 0.2) is 0 Å². The van der Waals surface area contributed by atoms with Crippen molar-refractivity contribution in [1.82, 2.24) is 0 Å². The second kappa shape index (κ2) is 1.27. The average molecular weight is 125 g/mol. The Hall–Kier alpha value is 0.0700. The van der Waals surface area contributed by atoms with Crippen LogP contribution in [0.25, 0.3) is 0 Å². The molecule has 0 aliphatic rings. The van der Waals surface area contributed by atoms with E-state index in [0.29, 0.717) is 0 Å². The molecule has 0 heterocycles. The molecule has 0 bridgehead atoms. The minimum absolute atomic E-state index is 1.33. The van der Waals surface area contributed by atoms with Crippen molar-refractivity contribution < 1.29 is 8.39 Å². The minimum atomic E-state index is -3.12. The summed E-state index contributed by atoms with van der Waals surface area (Å²) in [5.41, 5.74) is 0. The number of rotatable bonds is 1. The molecule has 46 valence electrons. The van der Waals surface area contributed by atoms with Gasteiger partial charge in [-0.3, -0.25) is 4.18 Å². The highest BCUT2D eigenvalue weighted by atomic mass is 32.3. The molecule has 0 aliphatic carbocycles. The normalized spacial score (nSPS) is 18.0. The quantitative estimate of drug-likeness (QED) is 0.513. The molecule has 0 aromatic heterocycles. The van der Waals surface area contributed by atoms with Crippen molar-refractivity contribution in [3.63, 3.8) is 0 Å². The summed E-state index contributed by atoms with van der Waals surface area (Å²) in [6.45, 7) is 0. The predicted octanol–water partition coefficient (Wildman–Crippen LogP) is -0.499. The maximum absolute atomic E-state index is 10.7. The van der Waals surface area contributed by atoms with Crippen molar-refractivity contribution in [2.45, 2.75) is 0 Å². The molecule has 0 saturated heterocycles. The highest BCUT2D eigenvalue weighted by Gasteiger charge is 2.05. The summed E-state index contributed by atoms with van der Waals surface area (Å²) >= 11 is 0. The van der Waals surface area contributed by atoms with Crippen LogP contribution in [-0.2, 0) is 13.7 Å². The Kier molecular flexibility index (Phi) is 1.29. The van der Waals surface area contributed by atoms with Gasteiger partial charge in [-0.2, -0.15) is 4.21 Å². The molecule has 0 rings (SSSR count). The zero-order valence-corrected chi connectivity index (χ0v) is 5.62. The largest absolute Gasteiger partial charge is 0.279 e. The van der Waals surface area contributed by atoms with E-state index in [9.17, 15) is 4.21 Å². The summed E-state index contributed by atoms with van der Waals surface area (Å²) < 4.78 is 15.2. The van der Waals surface area contributed by atoms with Crippen molar-refractivity contribution in [2.24, 2.45) is 5.14 Å². The van der Waals surface area contributed by atoms with Crippen molar-refractivity contribution in [3.8, 4) is 0 Å². The Morgan fingerprint density at radius 2 is 1.71 bits per heavy atom. The topological polar surface area (TPSA) is 52.3 Å². The van der Waals surface area contributed by atoms with Crippen LogP contribution in [-0.4, -0.2) is 23.8 Å². The van der Waals surface area contributed by atoms with Crippen molar-refractivity contribution in [3.05, 3.63) is 0 Å². The first-order valence-corrected chi connectivity index (χ1v) is 4.56. The van der Waals surface area contributed by atoms with Crippen molar-refractivity contribution in [2.75, 3.05) is 19.6 Å². The third-order valence-electron chi connectivity index (χ3n) is 0.498. The van der Waals surface area contributed by atoms with Gasteiger partial charge >= 0.3 is 0 Å². The van der Waals surface area contributed by atoms with Crippen LogP contribution in [0.3, 0.4) is 0 Å². The molecule has 0 aromatic carbocycles. The van der Waals surface area contributed by atoms with Gasteiger partial charge in [0, 0.05) is 12.5 Å². The van der Waals surface area contributed by atoms with Gasteiger partial charge in [0.2, 0.25) is 0 Å². The smallest absolute Gasteiger partial charge is 0.0613 e. The average Bonchev–Trinajstić information content (AvgIpc) is 1.32. The van der Waals surface area contributed by atoms with Crippen LogP contribution in [0.4, 0.5) is 0 Å².